The number of carbonyl (C=O) groups excluding carboxylic acids is 1. The molecule has 0 fully saturated rings. The van der Waals surface area contributed by atoms with Crippen molar-refractivity contribution in [3.8, 4) is 0 Å². The number of benzene rings is 1. The van der Waals surface area contributed by atoms with Crippen molar-refractivity contribution in [2.75, 3.05) is 5.32 Å². The van der Waals surface area contributed by atoms with Gasteiger partial charge in [0.15, 0.2) is 5.84 Å². The highest BCUT2D eigenvalue weighted by Gasteiger charge is 2.19. The Balaban J connectivity index is 2.93. The zero-order valence-corrected chi connectivity index (χ0v) is 12.3. The molecule has 0 saturated heterocycles. The Hall–Kier alpha value is -0.980. The van der Waals surface area contributed by atoms with Crippen molar-refractivity contribution in [3.63, 3.8) is 0 Å². The van der Waals surface area contributed by atoms with E-state index in [-0.39, 0.29) is 10.9 Å². The summed E-state index contributed by atoms with van der Waals surface area (Å²) in [5.74, 6) is -1.43. The van der Waals surface area contributed by atoms with Crippen molar-refractivity contribution >= 4 is 56.6 Å². The van der Waals surface area contributed by atoms with E-state index in [4.69, 9.17) is 34.1 Å². The number of amides is 1. The lowest BCUT2D eigenvalue weighted by atomic mass is 10.1. The second-order valence-electron chi connectivity index (χ2n) is 3.46. The second-order valence-corrected chi connectivity index (χ2v) is 5.07. The van der Waals surface area contributed by atoms with E-state index in [1.807, 2.05) is 0 Å². The largest absolute Gasteiger partial charge is 0.409 e. The van der Waals surface area contributed by atoms with Crippen LogP contribution in [0.25, 0.3) is 0 Å². The van der Waals surface area contributed by atoms with Gasteiger partial charge in [-0.05, 0) is 35.0 Å². The van der Waals surface area contributed by atoms with Crippen LogP contribution < -0.4 is 11.1 Å². The lowest BCUT2D eigenvalue weighted by molar-refractivity contribution is -0.117. The predicted octanol–water partition coefficient (Wildman–Crippen LogP) is 3.08. The highest BCUT2D eigenvalue weighted by Crippen LogP contribution is 2.35. The molecule has 1 atom stereocenters. The minimum Gasteiger partial charge on any atom is -0.409 e. The zero-order chi connectivity index (χ0) is 13.9. The van der Waals surface area contributed by atoms with Crippen molar-refractivity contribution in [1.29, 1.82) is 0 Å². The van der Waals surface area contributed by atoms with Crippen LogP contribution in [0.4, 0.5) is 5.69 Å². The minimum absolute atomic E-state index is 0.188. The maximum Gasteiger partial charge on any atom is 0.234 e. The average Bonchev–Trinajstić information content (AvgIpc) is 2.37. The van der Waals surface area contributed by atoms with Gasteiger partial charge in [-0.2, -0.15) is 0 Å². The van der Waals surface area contributed by atoms with Crippen LogP contribution in [0.3, 0.4) is 0 Å². The summed E-state index contributed by atoms with van der Waals surface area (Å²) in [4.78, 5) is 11.8. The van der Waals surface area contributed by atoms with Crippen LogP contribution >= 0.6 is 39.1 Å². The van der Waals surface area contributed by atoms with E-state index in [1.54, 1.807) is 12.1 Å². The van der Waals surface area contributed by atoms with E-state index in [0.717, 1.165) is 0 Å². The summed E-state index contributed by atoms with van der Waals surface area (Å²) in [6.07, 6.45) is 0. The highest BCUT2D eigenvalue weighted by molar-refractivity contribution is 9.10. The molecule has 98 valence electrons. The quantitative estimate of drug-likeness (QED) is 0.256. The Bertz CT molecular complexity index is 508. The maximum absolute atomic E-state index is 11.8. The van der Waals surface area contributed by atoms with Gasteiger partial charge in [0.1, 0.15) is 0 Å². The van der Waals surface area contributed by atoms with Crippen LogP contribution in [-0.4, -0.2) is 17.0 Å². The van der Waals surface area contributed by atoms with Crippen molar-refractivity contribution in [3.05, 3.63) is 26.7 Å². The Kier molecular flexibility index (Phi) is 5.25. The molecule has 1 rings (SSSR count). The smallest absolute Gasteiger partial charge is 0.234 e. The van der Waals surface area contributed by atoms with Crippen molar-refractivity contribution in [2.45, 2.75) is 6.92 Å². The molecule has 0 bridgehead atoms. The van der Waals surface area contributed by atoms with Gasteiger partial charge in [0.2, 0.25) is 5.91 Å². The van der Waals surface area contributed by atoms with E-state index < -0.39 is 11.8 Å². The molecule has 1 aromatic rings. The number of hydrogen-bond donors (Lipinski definition) is 3. The van der Waals surface area contributed by atoms with Gasteiger partial charge >= 0.3 is 0 Å². The second kappa shape index (κ2) is 6.26. The standard InChI is InChI=1S/C10H10BrCl2N3O2/c1-4(9(14)16-18)10(17)15-6-3-2-5(11)7(12)8(6)13/h2-4,18H,1H3,(H2,14,16)(H,15,17). The summed E-state index contributed by atoms with van der Waals surface area (Å²) < 4.78 is 0.622. The summed E-state index contributed by atoms with van der Waals surface area (Å²) in [6, 6.07) is 3.24. The van der Waals surface area contributed by atoms with Crippen molar-refractivity contribution < 1.29 is 10.0 Å². The first-order chi connectivity index (χ1) is 8.38. The maximum atomic E-state index is 11.8. The third-order valence-corrected chi connectivity index (χ3v) is 4.02. The van der Waals surface area contributed by atoms with Gasteiger partial charge in [-0.15, -0.1) is 0 Å². The van der Waals surface area contributed by atoms with E-state index in [9.17, 15) is 4.79 Å². The van der Waals surface area contributed by atoms with Crippen LogP contribution in [0.2, 0.25) is 10.0 Å². The third-order valence-electron chi connectivity index (χ3n) is 2.25. The molecular formula is C10H10BrCl2N3O2. The number of nitrogens with two attached hydrogens (primary N) is 1. The minimum atomic E-state index is -0.784. The molecule has 0 radical (unpaired) electrons. The number of anilines is 1. The molecule has 0 heterocycles. The molecule has 1 aromatic carbocycles. The molecule has 1 amide bonds. The van der Waals surface area contributed by atoms with Gasteiger partial charge in [0.25, 0.3) is 0 Å². The molecule has 0 spiro atoms. The van der Waals surface area contributed by atoms with E-state index in [1.165, 1.54) is 6.92 Å². The van der Waals surface area contributed by atoms with E-state index in [2.05, 4.69) is 26.4 Å². The molecule has 0 aliphatic rings. The van der Waals surface area contributed by atoms with Crippen LogP contribution in [-0.2, 0) is 4.79 Å². The number of nitrogens with one attached hydrogen (secondary N) is 1. The van der Waals surface area contributed by atoms with E-state index in [0.29, 0.717) is 15.2 Å². The highest BCUT2D eigenvalue weighted by atomic mass is 79.9. The average molecular weight is 355 g/mol. The number of amidine groups is 1. The van der Waals surface area contributed by atoms with Gasteiger partial charge in [-0.25, -0.2) is 0 Å². The molecular weight excluding hydrogens is 345 g/mol. The first kappa shape index (κ1) is 15.1. The fourth-order valence-electron chi connectivity index (χ4n) is 1.08. The summed E-state index contributed by atoms with van der Waals surface area (Å²) in [6.45, 7) is 1.50. The van der Waals surface area contributed by atoms with Crippen LogP contribution in [0.1, 0.15) is 6.92 Å². The Morgan fingerprint density at radius 3 is 2.67 bits per heavy atom. The predicted molar refractivity (Wildman–Crippen MR) is 75.4 cm³/mol. The number of rotatable bonds is 3. The first-order valence-electron chi connectivity index (χ1n) is 4.80. The van der Waals surface area contributed by atoms with Crippen molar-refractivity contribution in [1.82, 2.24) is 0 Å². The monoisotopic (exact) mass is 353 g/mol. The fraction of sp³-hybridized carbons (Fsp3) is 0.200. The van der Waals surface area contributed by atoms with Gasteiger partial charge in [-0.1, -0.05) is 28.4 Å². The number of carbonyl (C=O) groups is 1. The molecule has 8 heteroatoms. The summed E-state index contributed by atoms with van der Waals surface area (Å²) in [5, 5.41) is 14.3. The van der Waals surface area contributed by atoms with Crippen LogP contribution in [0, 0.1) is 5.92 Å². The topological polar surface area (TPSA) is 87.7 Å². The number of halogens is 3. The van der Waals surface area contributed by atoms with Gasteiger partial charge in [0, 0.05) is 4.47 Å². The molecule has 5 nitrogen and oxygen atoms in total. The third kappa shape index (κ3) is 3.28. The van der Waals surface area contributed by atoms with Gasteiger partial charge < -0.3 is 16.3 Å². The molecule has 4 N–H and O–H groups in total. The van der Waals surface area contributed by atoms with Crippen molar-refractivity contribution in [2.24, 2.45) is 16.8 Å². The molecule has 18 heavy (non-hydrogen) atoms. The Labute approximate surface area is 122 Å². The lowest BCUT2D eigenvalue weighted by Crippen LogP contribution is -2.32. The molecule has 0 saturated carbocycles. The van der Waals surface area contributed by atoms with Gasteiger partial charge in [0.05, 0.1) is 21.7 Å². The summed E-state index contributed by atoms with van der Waals surface area (Å²) in [7, 11) is 0. The number of hydrogen-bond acceptors (Lipinski definition) is 3. The number of nitrogens with zero attached hydrogens (tertiary/aromatic N) is 1. The molecule has 0 aliphatic heterocycles. The molecule has 0 aromatic heterocycles. The Morgan fingerprint density at radius 1 is 1.50 bits per heavy atom. The van der Waals surface area contributed by atoms with E-state index >= 15 is 0 Å². The Morgan fingerprint density at radius 2 is 2.11 bits per heavy atom. The first-order valence-corrected chi connectivity index (χ1v) is 6.35. The lowest BCUT2D eigenvalue weighted by Gasteiger charge is -2.12. The fourth-order valence-corrected chi connectivity index (χ4v) is 1.91. The summed E-state index contributed by atoms with van der Waals surface area (Å²) >= 11 is 15.1. The summed E-state index contributed by atoms with van der Waals surface area (Å²) in [5.41, 5.74) is 5.69. The normalized spacial score (nSPS) is 13.2. The van der Waals surface area contributed by atoms with Crippen LogP contribution in [0.5, 0.6) is 0 Å². The molecule has 0 aliphatic carbocycles. The number of oxime groups is 1. The SMILES string of the molecule is CC(C(=O)Nc1ccc(Br)c(Cl)c1Cl)/C(N)=N/O. The molecule has 1 unspecified atom stereocenters. The van der Waals surface area contributed by atoms with Gasteiger partial charge in [-0.3, -0.25) is 4.79 Å². The zero-order valence-electron chi connectivity index (χ0n) is 9.25. The van der Waals surface area contributed by atoms with Crippen LogP contribution in [0.15, 0.2) is 21.8 Å².